The van der Waals surface area contributed by atoms with E-state index in [0.29, 0.717) is 5.56 Å². The van der Waals surface area contributed by atoms with E-state index in [0.717, 1.165) is 30.6 Å². The molecule has 17 heavy (non-hydrogen) atoms. The molecule has 0 aliphatic rings. The Morgan fingerprint density at radius 2 is 2.06 bits per heavy atom. The second-order valence-electron chi connectivity index (χ2n) is 4.72. The van der Waals surface area contributed by atoms with Crippen LogP contribution in [0.5, 0.6) is 0 Å². The van der Waals surface area contributed by atoms with Gasteiger partial charge in [0.15, 0.2) is 0 Å². The quantitative estimate of drug-likeness (QED) is 0.852. The molecule has 2 nitrogen and oxygen atoms in total. The molecule has 0 bridgehead atoms. The van der Waals surface area contributed by atoms with E-state index >= 15 is 0 Å². The van der Waals surface area contributed by atoms with Crippen LogP contribution in [-0.2, 0) is 0 Å². The van der Waals surface area contributed by atoms with E-state index in [1.54, 1.807) is 13.0 Å². The van der Waals surface area contributed by atoms with Gasteiger partial charge in [-0.3, -0.25) is 0 Å². The van der Waals surface area contributed by atoms with Gasteiger partial charge < -0.3 is 10.6 Å². The van der Waals surface area contributed by atoms with E-state index in [1.807, 2.05) is 20.0 Å². The van der Waals surface area contributed by atoms with Crippen molar-refractivity contribution in [3.63, 3.8) is 0 Å². The third-order valence-corrected chi connectivity index (χ3v) is 3.06. The maximum absolute atomic E-state index is 13.6. The SMILES string of the molecule is CCCCN(C)c1cc(C)c(F)cc1[C@H](C)N. The molecule has 0 heterocycles. The summed E-state index contributed by atoms with van der Waals surface area (Å²) in [6.45, 7) is 6.82. The Bertz CT molecular complexity index is 375. The van der Waals surface area contributed by atoms with E-state index < -0.39 is 0 Å². The summed E-state index contributed by atoms with van der Waals surface area (Å²) >= 11 is 0. The van der Waals surface area contributed by atoms with Crippen molar-refractivity contribution < 1.29 is 4.39 Å². The highest BCUT2D eigenvalue weighted by Crippen LogP contribution is 2.27. The lowest BCUT2D eigenvalue weighted by atomic mass is 10.0. The predicted molar refractivity (Wildman–Crippen MR) is 71.9 cm³/mol. The minimum Gasteiger partial charge on any atom is -0.374 e. The average molecular weight is 238 g/mol. The molecule has 0 amide bonds. The highest BCUT2D eigenvalue weighted by atomic mass is 19.1. The van der Waals surface area contributed by atoms with E-state index in [2.05, 4.69) is 11.8 Å². The highest BCUT2D eigenvalue weighted by molar-refractivity contribution is 5.56. The molecule has 0 radical (unpaired) electrons. The van der Waals surface area contributed by atoms with Crippen LogP contribution in [-0.4, -0.2) is 13.6 Å². The second kappa shape index (κ2) is 6.01. The molecule has 1 aromatic carbocycles. The van der Waals surface area contributed by atoms with Crippen LogP contribution in [0.3, 0.4) is 0 Å². The van der Waals surface area contributed by atoms with Crippen molar-refractivity contribution in [3.8, 4) is 0 Å². The lowest BCUT2D eigenvalue weighted by Crippen LogP contribution is -2.22. The Kier molecular flexibility index (Phi) is 4.94. The average Bonchev–Trinajstić information content (AvgIpc) is 2.28. The summed E-state index contributed by atoms with van der Waals surface area (Å²) in [7, 11) is 2.04. The number of hydrogen-bond acceptors (Lipinski definition) is 2. The second-order valence-corrected chi connectivity index (χ2v) is 4.72. The van der Waals surface area contributed by atoms with Gasteiger partial charge in [-0.05, 0) is 43.5 Å². The summed E-state index contributed by atoms with van der Waals surface area (Å²) in [4.78, 5) is 2.16. The fourth-order valence-electron chi connectivity index (χ4n) is 1.89. The molecule has 1 rings (SSSR count). The van der Waals surface area contributed by atoms with Gasteiger partial charge in [0.2, 0.25) is 0 Å². The van der Waals surface area contributed by atoms with Crippen LogP contribution in [0, 0.1) is 12.7 Å². The largest absolute Gasteiger partial charge is 0.374 e. The van der Waals surface area contributed by atoms with Crippen LogP contribution in [0.1, 0.15) is 43.9 Å². The van der Waals surface area contributed by atoms with Gasteiger partial charge in [0, 0.05) is 25.3 Å². The van der Waals surface area contributed by atoms with Gasteiger partial charge in [-0.1, -0.05) is 13.3 Å². The first-order valence-corrected chi connectivity index (χ1v) is 6.24. The van der Waals surface area contributed by atoms with E-state index in [-0.39, 0.29) is 11.9 Å². The molecular formula is C14H23FN2. The summed E-state index contributed by atoms with van der Waals surface area (Å²) in [5.74, 6) is -0.176. The molecular weight excluding hydrogens is 215 g/mol. The fraction of sp³-hybridized carbons (Fsp3) is 0.571. The molecule has 3 heteroatoms. The number of benzene rings is 1. The molecule has 1 aromatic rings. The smallest absolute Gasteiger partial charge is 0.126 e. The monoisotopic (exact) mass is 238 g/mol. The summed E-state index contributed by atoms with van der Waals surface area (Å²) in [5, 5.41) is 0. The van der Waals surface area contributed by atoms with Crippen molar-refractivity contribution in [2.45, 2.75) is 39.7 Å². The molecule has 1 atom stereocenters. The zero-order valence-electron chi connectivity index (χ0n) is 11.3. The van der Waals surface area contributed by atoms with Crippen molar-refractivity contribution in [2.24, 2.45) is 5.73 Å². The van der Waals surface area contributed by atoms with Gasteiger partial charge in [0.1, 0.15) is 5.82 Å². The number of anilines is 1. The molecule has 0 aliphatic carbocycles. The Morgan fingerprint density at radius 3 is 2.59 bits per heavy atom. The summed E-state index contributed by atoms with van der Waals surface area (Å²) in [6, 6.07) is 3.31. The van der Waals surface area contributed by atoms with Crippen LogP contribution < -0.4 is 10.6 Å². The van der Waals surface area contributed by atoms with Crippen molar-refractivity contribution in [2.75, 3.05) is 18.5 Å². The summed E-state index contributed by atoms with van der Waals surface area (Å²) < 4.78 is 13.6. The number of aryl methyl sites for hydroxylation is 1. The lowest BCUT2D eigenvalue weighted by Gasteiger charge is -2.24. The fourth-order valence-corrected chi connectivity index (χ4v) is 1.89. The molecule has 0 saturated carbocycles. The van der Waals surface area contributed by atoms with Crippen LogP contribution in [0.25, 0.3) is 0 Å². The van der Waals surface area contributed by atoms with E-state index in [9.17, 15) is 4.39 Å². The molecule has 0 saturated heterocycles. The Balaban J connectivity index is 3.07. The number of nitrogens with two attached hydrogens (primary N) is 1. The topological polar surface area (TPSA) is 29.3 Å². The standard InChI is InChI=1S/C14H23FN2/c1-5-6-7-17(4)14-8-10(2)13(15)9-12(14)11(3)16/h8-9,11H,5-7,16H2,1-4H3/t11-/m0/s1. The van der Waals surface area contributed by atoms with Gasteiger partial charge in [-0.25, -0.2) is 4.39 Å². The first-order valence-electron chi connectivity index (χ1n) is 6.24. The number of rotatable bonds is 5. The molecule has 0 fully saturated rings. The number of nitrogens with zero attached hydrogens (tertiary/aromatic N) is 1. The van der Waals surface area contributed by atoms with Crippen molar-refractivity contribution in [3.05, 3.63) is 29.1 Å². The lowest BCUT2D eigenvalue weighted by molar-refractivity contribution is 0.612. The van der Waals surface area contributed by atoms with Gasteiger partial charge in [-0.15, -0.1) is 0 Å². The zero-order valence-corrected chi connectivity index (χ0v) is 11.3. The zero-order chi connectivity index (χ0) is 13.0. The maximum Gasteiger partial charge on any atom is 0.126 e. The minimum absolute atomic E-state index is 0.149. The molecule has 96 valence electrons. The van der Waals surface area contributed by atoms with E-state index in [4.69, 9.17) is 5.73 Å². The number of hydrogen-bond donors (Lipinski definition) is 1. The third-order valence-electron chi connectivity index (χ3n) is 3.06. The molecule has 0 aromatic heterocycles. The molecule has 0 spiro atoms. The summed E-state index contributed by atoms with van der Waals surface area (Å²) in [5.41, 5.74) is 8.51. The third kappa shape index (κ3) is 3.43. The summed E-state index contributed by atoms with van der Waals surface area (Å²) in [6.07, 6.45) is 2.28. The van der Waals surface area contributed by atoms with Gasteiger partial charge >= 0.3 is 0 Å². The van der Waals surface area contributed by atoms with Crippen molar-refractivity contribution >= 4 is 5.69 Å². The highest BCUT2D eigenvalue weighted by Gasteiger charge is 2.13. The molecule has 2 N–H and O–H groups in total. The Hall–Kier alpha value is -1.09. The van der Waals surface area contributed by atoms with Crippen LogP contribution in [0.4, 0.5) is 10.1 Å². The first kappa shape index (κ1) is 14.0. The Labute approximate surface area is 104 Å². The van der Waals surface area contributed by atoms with Gasteiger partial charge in [-0.2, -0.15) is 0 Å². The maximum atomic E-state index is 13.6. The number of halogens is 1. The normalized spacial score (nSPS) is 12.6. The minimum atomic E-state index is -0.176. The van der Waals surface area contributed by atoms with Gasteiger partial charge in [0.25, 0.3) is 0 Å². The van der Waals surface area contributed by atoms with Gasteiger partial charge in [0.05, 0.1) is 0 Å². The Morgan fingerprint density at radius 1 is 1.41 bits per heavy atom. The first-order chi connectivity index (χ1) is 7.97. The van der Waals surface area contributed by atoms with Crippen LogP contribution >= 0.6 is 0 Å². The van der Waals surface area contributed by atoms with Crippen LogP contribution in [0.2, 0.25) is 0 Å². The molecule has 0 unspecified atom stereocenters. The molecule has 0 aliphatic heterocycles. The van der Waals surface area contributed by atoms with Crippen molar-refractivity contribution in [1.29, 1.82) is 0 Å². The number of unbranched alkanes of at least 4 members (excludes halogenated alkanes) is 1. The predicted octanol–water partition coefficient (Wildman–Crippen LogP) is 3.39. The van der Waals surface area contributed by atoms with Crippen molar-refractivity contribution in [1.82, 2.24) is 0 Å². The van der Waals surface area contributed by atoms with E-state index in [1.165, 1.54) is 0 Å². The van der Waals surface area contributed by atoms with Crippen LogP contribution in [0.15, 0.2) is 12.1 Å².